The first-order valence-electron chi connectivity index (χ1n) is 9.88. The summed E-state index contributed by atoms with van der Waals surface area (Å²) in [5.74, 6) is 0.466. The second-order valence-electron chi connectivity index (χ2n) is 7.44. The third-order valence-electron chi connectivity index (χ3n) is 5.63. The molecule has 4 heteroatoms. The van der Waals surface area contributed by atoms with Crippen molar-refractivity contribution in [2.45, 2.75) is 63.8 Å². The molecular formula is C22H30O4. The van der Waals surface area contributed by atoms with Crippen molar-refractivity contribution in [1.82, 2.24) is 0 Å². The lowest BCUT2D eigenvalue weighted by molar-refractivity contribution is -0.137. The Morgan fingerprint density at radius 2 is 1.92 bits per heavy atom. The fourth-order valence-corrected chi connectivity index (χ4v) is 4.32. The fraction of sp³-hybridized carbons (Fsp3) is 0.591. The minimum absolute atomic E-state index is 0.253. The van der Waals surface area contributed by atoms with Crippen LogP contribution in [0.2, 0.25) is 0 Å². The van der Waals surface area contributed by atoms with Crippen LogP contribution in [0.15, 0.2) is 42.5 Å². The highest BCUT2D eigenvalue weighted by molar-refractivity contribution is 5.66. The lowest BCUT2D eigenvalue weighted by atomic mass is 9.76. The molecule has 1 aromatic rings. The summed E-state index contributed by atoms with van der Waals surface area (Å²) in [6.07, 6.45) is 11.5. The predicted molar refractivity (Wildman–Crippen MR) is 101 cm³/mol. The van der Waals surface area contributed by atoms with E-state index in [1.807, 2.05) is 18.2 Å². The Labute approximate surface area is 156 Å². The zero-order valence-corrected chi connectivity index (χ0v) is 15.4. The first-order chi connectivity index (χ1) is 12.7. The molecule has 0 amide bonds. The number of benzene rings is 1. The van der Waals surface area contributed by atoms with Gasteiger partial charge in [0.05, 0.1) is 18.8 Å². The van der Waals surface area contributed by atoms with Crippen molar-refractivity contribution in [2.24, 2.45) is 11.8 Å². The number of carbonyl (C=O) groups is 1. The van der Waals surface area contributed by atoms with Gasteiger partial charge in [-0.05, 0) is 55.9 Å². The maximum atomic E-state index is 10.5. The maximum Gasteiger partial charge on any atom is 0.303 e. The van der Waals surface area contributed by atoms with Crippen molar-refractivity contribution in [3.63, 3.8) is 0 Å². The van der Waals surface area contributed by atoms with Crippen molar-refractivity contribution in [3.05, 3.63) is 48.0 Å². The Morgan fingerprint density at radius 3 is 2.69 bits per heavy atom. The van der Waals surface area contributed by atoms with Gasteiger partial charge in [0, 0.05) is 13.0 Å². The van der Waals surface area contributed by atoms with Crippen LogP contribution < -0.4 is 0 Å². The van der Waals surface area contributed by atoms with Gasteiger partial charge in [0.25, 0.3) is 0 Å². The first kappa shape index (κ1) is 19.1. The minimum atomic E-state index is -0.713. The summed E-state index contributed by atoms with van der Waals surface area (Å²) in [6.45, 7) is 1.46. The molecule has 3 rings (SSSR count). The fourth-order valence-electron chi connectivity index (χ4n) is 4.32. The molecule has 4 nitrogen and oxygen atoms in total. The number of hydrogen-bond donors (Lipinski definition) is 1. The molecular weight excluding hydrogens is 328 g/mol. The molecule has 4 atom stereocenters. The number of rotatable bonds is 11. The molecule has 0 radical (unpaired) electrons. The molecule has 2 saturated heterocycles. The maximum absolute atomic E-state index is 10.5. The van der Waals surface area contributed by atoms with E-state index in [-0.39, 0.29) is 6.42 Å². The molecule has 26 heavy (non-hydrogen) atoms. The van der Waals surface area contributed by atoms with Gasteiger partial charge < -0.3 is 14.6 Å². The molecule has 0 aliphatic carbocycles. The van der Waals surface area contributed by atoms with Crippen LogP contribution in [0.25, 0.3) is 0 Å². The molecule has 2 aliphatic rings. The largest absolute Gasteiger partial charge is 0.481 e. The lowest BCUT2D eigenvalue weighted by Crippen LogP contribution is -2.28. The Balaban J connectivity index is 1.39. The van der Waals surface area contributed by atoms with E-state index in [4.69, 9.17) is 14.6 Å². The topological polar surface area (TPSA) is 55.8 Å². The van der Waals surface area contributed by atoms with Crippen LogP contribution in [-0.2, 0) is 20.9 Å². The van der Waals surface area contributed by atoms with Crippen LogP contribution >= 0.6 is 0 Å². The zero-order chi connectivity index (χ0) is 18.2. The SMILES string of the molecule is O=C(O)CCCC=CC[C@@H]1[C@H](CCOCc2ccccc2)[C@@H]2CC[C@H]1O2. The van der Waals surface area contributed by atoms with Crippen LogP contribution in [0.3, 0.4) is 0 Å². The average Bonchev–Trinajstić information content (AvgIpc) is 3.24. The van der Waals surface area contributed by atoms with E-state index >= 15 is 0 Å². The van der Waals surface area contributed by atoms with Crippen molar-refractivity contribution >= 4 is 5.97 Å². The highest BCUT2D eigenvalue weighted by Crippen LogP contribution is 2.46. The normalized spacial score (nSPS) is 27.4. The molecule has 0 aromatic heterocycles. The summed E-state index contributed by atoms with van der Waals surface area (Å²) >= 11 is 0. The van der Waals surface area contributed by atoms with Gasteiger partial charge in [0.2, 0.25) is 0 Å². The Morgan fingerprint density at radius 1 is 1.15 bits per heavy atom. The van der Waals surface area contributed by atoms with Gasteiger partial charge in [-0.15, -0.1) is 0 Å². The van der Waals surface area contributed by atoms with E-state index in [2.05, 4.69) is 24.3 Å². The molecule has 2 fully saturated rings. The number of fused-ring (bicyclic) bond motifs is 2. The van der Waals surface area contributed by atoms with Gasteiger partial charge in [0.1, 0.15) is 0 Å². The van der Waals surface area contributed by atoms with Gasteiger partial charge in [-0.3, -0.25) is 4.79 Å². The molecule has 2 heterocycles. The van der Waals surface area contributed by atoms with Crippen LogP contribution in [0.4, 0.5) is 0 Å². The second kappa shape index (κ2) is 9.89. The summed E-state index contributed by atoms with van der Waals surface area (Å²) < 4.78 is 12.0. The van der Waals surface area contributed by atoms with E-state index in [0.717, 1.165) is 32.3 Å². The number of unbranched alkanes of at least 4 members (excludes halogenated alkanes) is 1. The number of hydrogen-bond acceptors (Lipinski definition) is 3. The standard InChI is InChI=1S/C22H30O4/c23-22(24)11-7-2-1-6-10-18-19(21-13-12-20(18)26-21)14-15-25-16-17-8-4-3-5-9-17/h1,3-6,8-9,18-21H,2,7,10-16H2,(H,23,24)/t18-,19+,20-,21+/m1/s1. The van der Waals surface area contributed by atoms with Crippen LogP contribution in [0.1, 0.15) is 50.5 Å². The van der Waals surface area contributed by atoms with E-state index < -0.39 is 5.97 Å². The molecule has 1 N–H and O–H groups in total. The van der Waals surface area contributed by atoms with Crippen LogP contribution in [0.5, 0.6) is 0 Å². The highest BCUT2D eigenvalue weighted by atomic mass is 16.5. The second-order valence-corrected chi connectivity index (χ2v) is 7.44. The molecule has 2 aliphatic heterocycles. The number of aliphatic carboxylic acids is 1. The van der Waals surface area contributed by atoms with E-state index in [0.29, 0.717) is 30.7 Å². The van der Waals surface area contributed by atoms with Gasteiger partial charge in [-0.1, -0.05) is 42.5 Å². The van der Waals surface area contributed by atoms with Crippen molar-refractivity contribution < 1.29 is 19.4 Å². The molecule has 0 saturated carbocycles. The van der Waals surface area contributed by atoms with Crippen LogP contribution in [0, 0.1) is 11.8 Å². The average molecular weight is 358 g/mol. The zero-order valence-electron chi connectivity index (χ0n) is 15.4. The van der Waals surface area contributed by atoms with Crippen molar-refractivity contribution in [2.75, 3.05) is 6.61 Å². The molecule has 1 aromatic carbocycles. The van der Waals surface area contributed by atoms with Crippen LogP contribution in [-0.4, -0.2) is 29.9 Å². The van der Waals surface area contributed by atoms with Crippen molar-refractivity contribution in [1.29, 1.82) is 0 Å². The third kappa shape index (κ3) is 5.42. The minimum Gasteiger partial charge on any atom is -0.481 e. The molecule has 142 valence electrons. The quantitative estimate of drug-likeness (QED) is 0.464. The van der Waals surface area contributed by atoms with E-state index in [1.54, 1.807) is 0 Å². The Bertz CT molecular complexity index is 583. The molecule has 0 unspecified atom stereocenters. The predicted octanol–water partition coefficient (Wildman–Crippen LogP) is 4.59. The van der Waals surface area contributed by atoms with E-state index in [1.165, 1.54) is 18.4 Å². The monoisotopic (exact) mass is 358 g/mol. The number of ether oxygens (including phenoxy) is 2. The van der Waals surface area contributed by atoms with E-state index in [9.17, 15) is 4.79 Å². The molecule has 2 bridgehead atoms. The highest BCUT2D eigenvalue weighted by Gasteiger charge is 2.47. The first-order valence-corrected chi connectivity index (χ1v) is 9.88. The van der Waals surface area contributed by atoms with Gasteiger partial charge >= 0.3 is 5.97 Å². The Kier molecular flexibility index (Phi) is 7.27. The molecule has 0 spiro atoms. The van der Waals surface area contributed by atoms with Gasteiger partial charge in [0.15, 0.2) is 0 Å². The number of carboxylic acids is 1. The Hall–Kier alpha value is -1.65. The summed E-state index contributed by atoms with van der Waals surface area (Å²) in [4.78, 5) is 10.5. The summed E-state index contributed by atoms with van der Waals surface area (Å²) in [6, 6.07) is 10.3. The number of carboxylic acid groups (broad SMARTS) is 1. The van der Waals surface area contributed by atoms with Gasteiger partial charge in [-0.25, -0.2) is 0 Å². The number of allylic oxidation sites excluding steroid dienone is 2. The lowest BCUT2D eigenvalue weighted by Gasteiger charge is -2.27. The summed E-state index contributed by atoms with van der Waals surface area (Å²) in [5.41, 5.74) is 1.22. The summed E-state index contributed by atoms with van der Waals surface area (Å²) in [7, 11) is 0. The van der Waals surface area contributed by atoms with Gasteiger partial charge in [-0.2, -0.15) is 0 Å². The summed E-state index contributed by atoms with van der Waals surface area (Å²) in [5, 5.41) is 8.67. The van der Waals surface area contributed by atoms with Crippen molar-refractivity contribution in [3.8, 4) is 0 Å². The third-order valence-corrected chi connectivity index (χ3v) is 5.63. The smallest absolute Gasteiger partial charge is 0.303 e.